The molecule has 0 aliphatic rings. The first kappa shape index (κ1) is 11.2. The Kier molecular flexibility index (Phi) is 3.84. The highest BCUT2D eigenvalue weighted by atomic mass is 16.5. The fraction of sp³-hybridized carbons (Fsp3) is 0.444. The third kappa shape index (κ3) is 3.41. The van der Waals surface area contributed by atoms with Crippen molar-refractivity contribution in [1.82, 2.24) is 9.97 Å². The highest BCUT2D eigenvalue weighted by Gasteiger charge is 2.06. The number of nitrogens with zero attached hydrogens (tertiary/aromatic N) is 2. The summed E-state index contributed by atoms with van der Waals surface area (Å²) in [4.78, 5) is 29.9. The first-order valence-corrected chi connectivity index (χ1v) is 4.46. The van der Waals surface area contributed by atoms with Crippen molar-refractivity contribution in [3.63, 3.8) is 0 Å². The maximum atomic E-state index is 11.0. The number of rotatable bonds is 4. The molecule has 0 bridgehead atoms. The van der Waals surface area contributed by atoms with Crippen molar-refractivity contribution in [2.75, 3.05) is 25.6 Å². The van der Waals surface area contributed by atoms with Gasteiger partial charge in [-0.3, -0.25) is 9.59 Å². The Balaban J connectivity index is 2.57. The zero-order chi connectivity index (χ0) is 11.3. The van der Waals surface area contributed by atoms with E-state index < -0.39 is 0 Å². The van der Waals surface area contributed by atoms with E-state index in [1.165, 1.54) is 19.5 Å². The van der Waals surface area contributed by atoms with Crippen LogP contribution in [0, 0.1) is 0 Å². The van der Waals surface area contributed by atoms with Gasteiger partial charge in [0.15, 0.2) is 0 Å². The van der Waals surface area contributed by atoms with Crippen LogP contribution in [-0.2, 0) is 9.53 Å². The summed E-state index contributed by atoms with van der Waals surface area (Å²) in [5.74, 6) is 0.245. The molecule has 0 atom stereocenters. The lowest BCUT2D eigenvalue weighted by Gasteiger charge is -2.16. The molecule has 0 unspecified atom stereocenters. The zero-order valence-corrected chi connectivity index (χ0v) is 8.69. The number of nitrogens with one attached hydrogen (secondary N) is 1. The van der Waals surface area contributed by atoms with E-state index in [1.807, 2.05) is 0 Å². The number of hydrogen-bond acceptors (Lipinski definition) is 5. The van der Waals surface area contributed by atoms with Crippen LogP contribution in [0.2, 0.25) is 0 Å². The van der Waals surface area contributed by atoms with Gasteiger partial charge < -0.3 is 14.6 Å². The SMILES string of the molecule is COC(=O)CCN(C)c1cc(=O)[nH]cn1. The first-order valence-electron chi connectivity index (χ1n) is 4.46. The Labute approximate surface area is 86.9 Å². The molecule has 0 amide bonds. The van der Waals surface area contributed by atoms with E-state index in [0.717, 1.165) is 0 Å². The second kappa shape index (κ2) is 5.14. The van der Waals surface area contributed by atoms with Crippen molar-refractivity contribution in [3.05, 3.63) is 22.7 Å². The number of H-pyrrole nitrogens is 1. The van der Waals surface area contributed by atoms with Crippen LogP contribution >= 0.6 is 0 Å². The van der Waals surface area contributed by atoms with Crippen LogP contribution in [0.4, 0.5) is 5.82 Å². The minimum atomic E-state index is -0.285. The normalized spacial score (nSPS) is 9.73. The molecule has 0 aromatic carbocycles. The number of methoxy groups -OCH3 is 1. The first-order chi connectivity index (χ1) is 7.13. The fourth-order valence-corrected chi connectivity index (χ4v) is 1.04. The van der Waals surface area contributed by atoms with Gasteiger partial charge in [-0.25, -0.2) is 4.98 Å². The standard InChI is InChI=1S/C9H13N3O3/c1-12(4-3-9(14)15-2)7-5-8(13)11-6-10-7/h5-6H,3-4H2,1-2H3,(H,10,11,13). The molecule has 0 aliphatic carbocycles. The van der Waals surface area contributed by atoms with Crippen LogP contribution in [0.1, 0.15) is 6.42 Å². The maximum Gasteiger partial charge on any atom is 0.307 e. The minimum Gasteiger partial charge on any atom is -0.469 e. The summed E-state index contributed by atoms with van der Waals surface area (Å²) in [6.45, 7) is 0.461. The van der Waals surface area contributed by atoms with Gasteiger partial charge in [-0.05, 0) is 0 Å². The van der Waals surface area contributed by atoms with E-state index in [0.29, 0.717) is 12.4 Å². The quantitative estimate of drug-likeness (QED) is 0.696. The Morgan fingerprint density at radius 1 is 1.67 bits per heavy atom. The van der Waals surface area contributed by atoms with Crippen molar-refractivity contribution in [2.45, 2.75) is 6.42 Å². The molecule has 1 aromatic rings. The molecule has 0 aliphatic heterocycles. The van der Waals surface area contributed by atoms with Crippen molar-refractivity contribution >= 4 is 11.8 Å². The Bertz CT molecular complexity index is 388. The summed E-state index contributed by atoms with van der Waals surface area (Å²) < 4.78 is 4.51. The largest absolute Gasteiger partial charge is 0.469 e. The number of ether oxygens (including phenoxy) is 1. The lowest BCUT2D eigenvalue weighted by molar-refractivity contribution is -0.140. The van der Waals surface area contributed by atoms with Crippen LogP contribution in [0.25, 0.3) is 0 Å². The predicted octanol–water partition coefficient (Wildman–Crippen LogP) is -0.231. The number of anilines is 1. The van der Waals surface area contributed by atoms with Crippen LogP contribution in [0.3, 0.4) is 0 Å². The van der Waals surface area contributed by atoms with Crippen molar-refractivity contribution in [1.29, 1.82) is 0 Å². The molecule has 0 spiro atoms. The van der Waals surface area contributed by atoms with Gasteiger partial charge in [0.1, 0.15) is 5.82 Å². The molecule has 0 fully saturated rings. The maximum absolute atomic E-state index is 11.0. The topological polar surface area (TPSA) is 75.3 Å². The average Bonchev–Trinajstić information content (AvgIpc) is 2.25. The van der Waals surface area contributed by atoms with E-state index in [9.17, 15) is 9.59 Å². The van der Waals surface area contributed by atoms with Gasteiger partial charge in [0.2, 0.25) is 0 Å². The molecular weight excluding hydrogens is 198 g/mol. The van der Waals surface area contributed by atoms with Gasteiger partial charge in [0.25, 0.3) is 5.56 Å². The van der Waals surface area contributed by atoms with Crippen molar-refractivity contribution in [3.8, 4) is 0 Å². The number of carbonyl (C=O) groups excluding carboxylic acids is 1. The fourth-order valence-electron chi connectivity index (χ4n) is 1.04. The van der Waals surface area contributed by atoms with Crippen molar-refractivity contribution in [2.24, 2.45) is 0 Å². The van der Waals surface area contributed by atoms with Gasteiger partial charge in [-0.15, -0.1) is 0 Å². The van der Waals surface area contributed by atoms with Gasteiger partial charge >= 0.3 is 5.97 Å². The lowest BCUT2D eigenvalue weighted by Crippen LogP contribution is -2.24. The van der Waals surface area contributed by atoms with Crippen LogP contribution in [0.5, 0.6) is 0 Å². The number of carbonyl (C=O) groups is 1. The van der Waals surface area contributed by atoms with Gasteiger partial charge in [0, 0.05) is 19.7 Å². The third-order valence-electron chi connectivity index (χ3n) is 1.93. The van der Waals surface area contributed by atoms with E-state index in [-0.39, 0.29) is 17.9 Å². The minimum absolute atomic E-state index is 0.218. The monoisotopic (exact) mass is 211 g/mol. The van der Waals surface area contributed by atoms with E-state index in [2.05, 4.69) is 14.7 Å². The van der Waals surface area contributed by atoms with Crippen LogP contribution in [-0.4, -0.2) is 36.6 Å². The summed E-state index contributed by atoms with van der Waals surface area (Å²) in [7, 11) is 3.10. The average molecular weight is 211 g/mol. The second-order valence-electron chi connectivity index (χ2n) is 3.02. The Hall–Kier alpha value is -1.85. The smallest absolute Gasteiger partial charge is 0.307 e. The Morgan fingerprint density at radius 2 is 2.40 bits per heavy atom. The van der Waals surface area contributed by atoms with Crippen molar-refractivity contribution < 1.29 is 9.53 Å². The second-order valence-corrected chi connectivity index (χ2v) is 3.02. The summed E-state index contributed by atoms with van der Waals surface area (Å²) in [5.41, 5.74) is -0.218. The summed E-state index contributed by atoms with van der Waals surface area (Å²) in [6, 6.07) is 1.37. The molecule has 1 heterocycles. The number of aromatic nitrogens is 2. The van der Waals surface area contributed by atoms with Crippen LogP contribution in [0.15, 0.2) is 17.2 Å². The summed E-state index contributed by atoms with van der Waals surface area (Å²) in [6.07, 6.45) is 1.59. The number of aromatic amines is 1. The molecule has 1 rings (SSSR count). The zero-order valence-electron chi connectivity index (χ0n) is 8.69. The molecule has 1 aromatic heterocycles. The Morgan fingerprint density at radius 3 is 3.00 bits per heavy atom. The molecule has 15 heavy (non-hydrogen) atoms. The molecule has 6 nitrogen and oxygen atoms in total. The molecule has 6 heteroatoms. The molecule has 0 saturated heterocycles. The highest BCUT2D eigenvalue weighted by molar-refractivity contribution is 5.69. The predicted molar refractivity (Wildman–Crippen MR) is 54.8 cm³/mol. The molecular formula is C9H13N3O3. The van der Waals surface area contributed by atoms with E-state index >= 15 is 0 Å². The summed E-state index contributed by atoms with van der Waals surface area (Å²) >= 11 is 0. The third-order valence-corrected chi connectivity index (χ3v) is 1.93. The number of esters is 1. The van der Waals surface area contributed by atoms with E-state index in [4.69, 9.17) is 0 Å². The van der Waals surface area contributed by atoms with E-state index in [1.54, 1.807) is 11.9 Å². The number of hydrogen-bond donors (Lipinski definition) is 1. The molecule has 82 valence electrons. The van der Waals surface area contributed by atoms with Gasteiger partial charge in [0.05, 0.1) is 19.9 Å². The van der Waals surface area contributed by atoms with Gasteiger partial charge in [-0.2, -0.15) is 0 Å². The van der Waals surface area contributed by atoms with Gasteiger partial charge in [-0.1, -0.05) is 0 Å². The van der Waals surface area contributed by atoms with Crippen LogP contribution < -0.4 is 10.5 Å². The summed E-state index contributed by atoms with van der Waals surface area (Å²) in [5, 5.41) is 0. The molecule has 0 radical (unpaired) electrons. The molecule has 0 saturated carbocycles. The lowest BCUT2D eigenvalue weighted by atomic mass is 10.4. The highest BCUT2D eigenvalue weighted by Crippen LogP contribution is 2.03. The molecule has 1 N–H and O–H groups in total.